The Morgan fingerprint density at radius 3 is 2.50 bits per heavy atom. The van der Waals surface area contributed by atoms with E-state index in [0.717, 1.165) is 10.8 Å². The second kappa shape index (κ2) is 5.53. The molecule has 0 bridgehead atoms. The molecule has 20 heavy (non-hydrogen) atoms. The number of amides is 1. The van der Waals surface area contributed by atoms with E-state index in [2.05, 4.69) is 5.32 Å². The highest BCUT2D eigenvalue weighted by Crippen LogP contribution is 2.30. The van der Waals surface area contributed by atoms with Gasteiger partial charge in [-0.3, -0.25) is 4.79 Å². The van der Waals surface area contributed by atoms with Crippen molar-refractivity contribution < 1.29 is 9.53 Å². The molecule has 0 aliphatic rings. The van der Waals surface area contributed by atoms with Crippen LogP contribution in [0.25, 0.3) is 10.8 Å². The van der Waals surface area contributed by atoms with E-state index in [9.17, 15) is 4.79 Å². The maximum atomic E-state index is 12.4. The number of fused-ring (bicyclic) bond motifs is 1. The Morgan fingerprint density at radius 1 is 1.15 bits per heavy atom. The Bertz CT molecular complexity index is 626. The van der Waals surface area contributed by atoms with Crippen LogP contribution in [0.3, 0.4) is 0 Å². The van der Waals surface area contributed by atoms with Gasteiger partial charge in [-0.05, 0) is 44.5 Å². The van der Waals surface area contributed by atoms with Crippen LogP contribution in [0, 0.1) is 0 Å². The van der Waals surface area contributed by atoms with Crippen LogP contribution in [-0.2, 0) is 0 Å². The molecule has 3 nitrogen and oxygen atoms in total. The Morgan fingerprint density at radius 2 is 1.85 bits per heavy atom. The van der Waals surface area contributed by atoms with Gasteiger partial charge in [0.05, 0.1) is 5.56 Å². The predicted octanol–water partition coefficient (Wildman–Crippen LogP) is 3.77. The minimum absolute atomic E-state index is 0.0939. The number of hydrogen-bond donors (Lipinski definition) is 1. The van der Waals surface area contributed by atoms with Gasteiger partial charge in [0.25, 0.3) is 5.91 Å². The first-order valence-electron chi connectivity index (χ1n) is 6.91. The van der Waals surface area contributed by atoms with Crippen molar-refractivity contribution in [3.8, 4) is 5.75 Å². The Hall–Kier alpha value is -2.03. The highest BCUT2D eigenvalue weighted by atomic mass is 16.5. The summed E-state index contributed by atoms with van der Waals surface area (Å²) in [4.78, 5) is 12.4. The second-order valence-corrected chi connectivity index (χ2v) is 5.73. The van der Waals surface area contributed by atoms with Crippen molar-refractivity contribution in [3.63, 3.8) is 0 Å². The molecule has 3 heteroatoms. The summed E-state index contributed by atoms with van der Waals surface area (Å²) in [6.07, 6.45) is 0. The molecule has 0 radical (unpaired) electrons. The molecular weight excluding hydrogens is 250 g/mol. The third-order valence-electron chi connectivity index (χ3n) is 2.87. The molecule has 0 aliphatic heterocycles. The Kier molecular flexibility index (Phi) is 3.98. The van der Waals surface area contributed by atoms with Crippen molar-refractivity contribution in [1.29, 1.82) is 0 Å². The van der Waals surface area contributed by atoms with Crippen LogP contribution in [0.5, 0.6) is 5.75 Å². The summed E-state index contributed by atoms with van der Waals surface area (Å²) >= 11 is 0. The van der Waals surface area contributed by atoms with Crippen LogP contribution >= 0.6 is 0 Å². The molecular formula is C17H21NO2. The van der Waals surface area contributed by atoms with Gasteiger partial charge in [-0.25, -0.2) is 0 Å². The average Bonchev–Trinajstić information content (AvgIpc) is 2.36. The summed E-state index contributed by atoms with van der Waals surface area (Å²) in [6.45, 7) is 8.43. The minimum atomic E-state index is -0.344. The van der Waals surface area contributed by atoms with Crippen LogP contribution in [0.4, 0.5) is 0 Å². The highest BCUT2D eigenvalue weighted by molar-refractivity contribution is 6.09. The average molecular weight is 271 g/mol. The third-order valence-corrected chi connectivity index (χ3v) is 2.87. The molecule has 0 fully saturated rings. The molecule has 0 saturated heterocycles. The van der Waals surface area contributed by atoms with E-state index in [1.807, 2.05) is 64.1 Å². The maximum absolute atomic E-state index is 12.4. The van der Waals surface area contributed by atoms with Crippen LogP contribution in [0.1, 0.15) is 38.1 Å². The van der Waals surface area contributed by atoms with Gasteiger partial charge in [0.15, 0.2) is 0 Å². The smallest absolute Gasteiger partial charge is 0.255 e. The van der Waals surface area contributed by atoms with Crippen LogP contribution in [0.15, 0.2) is 36.4 Å². The zero-order chi connectivity index (χ0) is 14.8. The lowest BCUT2D eigenvalue weighted by Crippen LogP contribution is -2.27. The van der Waals surface area contributed by atoms with Gasteiger partial charge in [0.1, 0.15) is 11.4 Å². The molecule has 0 atom stereocenters. The van der Waals surface area contributed by atoms with Gasteiger partial charge in [0.2, 0.25) is 0 Å². The fraction of sp³-hybridized carbons (Fsp3) is 0.353. The normalized spacial score (nSPS) is 11.4. The maximum Gasteiger partial charge on any atom is 0.255 e. The lowest BCUT2D eigenvalue weighted by molar-refractivity contribution is 0.0937. The number of ether oxygens (including phenoxy) is 1. The zero-order valence-electron chi connectivity index (χ0n) is 12.5. The molecule has 2 aromatic carbocycles. The summed E-state index contributed by atoms with van der Waals surface area (Å²) in [6, 6.07) is 11.7. The van der Waals surface area contributed by atoms with Gasteiger partial charge in [-0.15, -0.1) is 0 Å². The molecule has 0 saturated carbocycles. The van der Waals surface area contributed by atoms with Crippen molar-refractivity contribution >= 4 is 16.7 Å². The quantitative estimate of drug-likeness (QED) is 0.923. The van der Waals surface area contributed by atoms with Gasteiger partial charge < -0.3 is 10.1 Å². The lowest BCUT2D eigenvalue weighted by atomic mass is 10.0. The largest absolute Gasteiger partial charge is 0.487 e. The number of rotatable bonds is 3. The molecule has 0 spiro atoms. The minimum Gasteiger partial charge on any atom is -0.487 e. The topological polar surface area (TPSA) is 38.3 Å². The Labute approximate surface area is 119 Å². The standard InChI is InChI=1S/C17H21NO2/c1-5-18-16(19)15-13-9-7-6-8-12(13)10-11-14(15)20-17(2,3)4/h6-11H,5H2,1-4H3,(H,18,19). The van der Waals surface area contributed by atoms with Gasteiger partial charge >= 0.3 is 0 Å². The van der Waals surface area contributed by atoms with E-state index in [1.54, 1.807) is 0 Å². The van der Waals surface area contributed by atoms with E-state index < -0.39 is 0 Å². The number of carbonyl (C=O) groups excluding carboxylic acids is 1. The van der Waals surface area contributed by atoms with Crippen LogP contribution in [0.2, 0.25) is 0 Å². The van der Waals surface area contributed by atoms with Gasteiger partial charge in [-0.2, -0.15) is 0 Å². The summed E-state index contributed by atoms with van der Waals surface area (Å²) < 4.78 is 5.95. The summed E-state index contributed by atoms with van der Waals surface area (Å²) in [7, 11) is 0. The lowest BCUT2D eigenvalue weighted by Gasteiger charge is -2.23. The monoisotopic (exact) mass is 271 g/mol. The van der Waals surface area contributed by atoms with E-state index in [-0.39, 0.29) is 11.5 Å². The number of benzene rings is 2. The molecule has 1 amide bonds. The molecule has 2 aromatic rings. The summed E-state index contributed by atoms with van der Waals surface area (Å²) in [5, 5.41) is 4.82. The van der Waals surface area contributed by atoms with Crippen LogP contribution in [-0.4, -0.2) is 18.1 Å². The van der Waals surface area contributed by atoms with Crippen molar-refractivity contribution in [2.45, 2.75) is 33.3 Å². The van der Waals surface area contributed by atoms with Gasteiger partial charge in [0, 0.05) is 6.54 Å². The first-order chi connectivity index (χ1) is 9.42. The zero-order valence-corrected chi connectivity index (χ0v) is 12.5. The van der Waals surface area contributed by atoms with Crippen molar-refractivity contribution in [2.24, 2.45) is 0 Å². The van der Waals surface area contributed by atoms with E-state index in [0.29, 0.717) is 17.9 Å². The predicted molar refractivity (Wildman–Crippen MR) is 82.3 cm³/mol. The van der Waals surface area contributed by atoms with Crippen LogP contribution < -0.4 is 10.1 Å². The highest BCUT2D eigenvalue weighted by Gasteiger charge is 2.20. The molecule has 2 rings (SSSR count). The van der Waals surface area contributed by atoms with E-state index >= 15 is 0 Å². The Balaban J connectivity index is 2.62. The van der Waals surface area contributed by atoms with E-state index in [4.69, 9.17) is 4.74 Å². The molecule has 0 aliphatic carbocycles. The van der Waals surface area contributed by atoms with Crippen molar-refractivity contribution in [3.05, 3.63) is 42.0 Å². The summed E-state index contributed by atoms with van der Waals surface area (Å²) in [5.41, 5.74) is 0.267. The second-order valence-electron chi connectivity index (χ2n) is 5.73. The summed E-state index contributed by atoms with van der Waals surface area (Å²) in [5.74, 6) is 0.533. The fourth-order valence-corrected chi connectivity index (χ4v) is 2.15. The number of nitrogens with one attached hydrogen (secondary N) is 1. The SMILES string of the molecule is CCNC(=O)c1c(OC(C)(C)C)ccc2ccccc12. The fourth-order valence-electron chi connectivity index (χ4n) is 2.15. The molecule has 106 valence electrons. The number of hydrogen-bond acceptors (Lipinski definition) is 2. The number of carbonyl (C=O) groups is 1. The van der Waals surface area contributed by atoms with Crippen molar-refractivity contribution in [1.82, 2.24) is 5.32 Å². The first-order valence-corrected chi connectivity index (χ1v) is 6.91. The molecule has 0 heterocycles. The van der Waals surface area contributed by atoms with Gasteiger partial charge in [-0.1, -0.05) is 30.3 Å². The molecule has 0 unspecified atom stereocenters. The molecule has 1 N–H and O–H groups in total. The molecule has 0 aromatic heterocycles. The van der Waals surface area contributed by atoms with E-state index in [1.165, 1.54) is 0 Å². The first kappa shape index (κ1) is 14.4. The third kappa shape index (κ3) is 3.10. The van der Waals surface area contributed by atoms with Crippen molar-refractivity contribution in [2.75, 3.05) is 6.54 Å².